The molecule has 0 radical (unpaired) electrons. The maximum atomic E-state index is 12.5. The van der Waals surface area contributed by atoms with Gasteiger partial charge in [-0.2, -0.15) is 4.98 Å². The number of allylic oxidation sites excluding steroid dienone is 1. The molecule has 0 saturated carbocycles. The summed E-state index contributed by atoms with van der Waals surface area (Å²) in [4.78, 5) is 36.7. The number of carboxylic acids is 1. The number of hydrogen-bond donors (Lipinski definition) is 3. The van der Waals surface area contributed by atoms with Crippen molar-refractivity contribution < 1.29 is 27.9 Å². The van der Waals surface area contributed by atoms with Crippen LogP contribution in [-0.2, 0) is 21.2 Å². The monoisotopic (exact) mass is 560 g/mol. The molecule has 12 nitrogen and oxygen atoms in total. The predicted octanol–water partition coefficient (Wildman–Crippen LogP) is 3.34. The number of nitrogens with zero attached hydrogens (tertiary/aromatic N) is 4. The van der Waals surface area contributed by atoms with Gasteiger partial charge in [-0.05, 0) is 50.8 Å². The van der Waals surface area contributed by atoms with E-state index in [1.165, 1.54) is 12.3 Å². The summed E-state index contributed by atoms with van der Waals surface area (Å²) >= 11 is 0. The van der Waals surface area contributed by atoms with E-state index in [-0.39, 0.29) is 30.1 Å². The van der Waals surface area contributed by atoms with Crippen LogP contribution in [0.2, 0.25) is 0 Å². The van der Waals surface area contributed by atoms with Gasteiger partial charge in [-0.15, -0.1) is 6.58 Å². The summed E-state index contributed by atoms with van der Waals surface area (Å²) in [5, 5.41) is 12.8. The summed E-state index contributed by atoms with van der Waals surface area (Å²) in [6.45, 7) is 9.97. The molecule has 1 aliphatic rings. The predicted molar refractivity (Wildman–Crippen MR) is 150 cm³/mol. The first-order chi connectivity index (χ1) is 18.7. The largest absolute Gasteiger partial charge is 0.480 e. The zero-order valence-electron chi connectivity index (χ0n) is 22.3. The van der Waals surface area contributed by atoms with Crippen molar-refractivity contribution in [2.24, 2.45) is 0 Å². The van der Waals surface area contributed by atoms with Gasteiger partial charge in [0.25, 0.3) is 0 Å². The van der Waals surface area contributed by atoms with E-state index in [9.17, 15) is 23.1 Å². The third-order valence-corrected chi connectivity index (χ3v) is 7.52. The molecule has 1 aromatic heterocycles. The average molecular weight is 561 g/mol. The molecule has 0 unspecified atom stereocenters. The lowest BCUT2D eigenvalue weighted by molar-refractivity contribution is -0.137. The lowest BCUT2D eigenvalue weighted by Crippen LogP contribution is -2.33. The van der Waals surface area contributed by atoms with Crippen LogP contribution in [0.1, 0.15) is 38.7 Å². The van der Waals surface area contributed by atoms with Crippen LogP contribution in [0.4, 0.5) is 22.2 Å². The third kappa shape index (κ3) is 8.57. The van der Waals surface area contributed by atoms with Crippen molar-refractivity contribution in [1.29, 1.82) is 0 Å². The highest BCUT2D eigenvalue weighted by atomic mass is 32.2. The van der Waals surface area contributed by atoms with Crippen molar-refractivity contribution >= 4 is 39.5 Å². The number of ether oxygens (including phenoxy) is 1. The third-order valence-electron chi connectivity index (χ3n) is 6.22. The Morgan fingerprint density at radius 2 is 1.87 bits per heavy atom. The Bertz CT molecular complexity index is 1240. The van der Waals surface area contributed by atoms with E-state index in [1.54, 1.807) is 29.2 Å². The van der Waals surface area contributed by atoms with Crippen LogP contribution in [0.3, 0.4) is 0 Å². The quantitative estimate of drug-likeness (QED) is 0.293. The maximum absolute atomic E-state index is 12.5. The number of nitrogens with one attached hydrogen (secondary N) is 2. The number of carbonyl (C=O) groups is 2. The number of rotatable bonds is 14. The lowest BCUT2D eigenvalue weighted by Gasteiger charge is -2.22. The number of benzene rings is 1. The molecule has 1 aromatic carbocycles. The molecule has 2 heterocycles. The Morgan fingerprint density at radius 1 is 1.21 bits per heavy atom. The van der Waals surface area contributed by atoms with Crippen LogP contribution in [0.15, 0.2) is 43.1 Å². The van der Waals surface area contributed by atoms with Crippen LogP contribution in [0.25, 0.3) is 0 Å². The average Bonchev–Trinajstić information content (AvgIpc) is 3.45. The molecule has 1 saturated heterocycles. The minimum absolute atomic E-state index is 0.0467. The first kappa shape index (κ1) is 29.7. The topological polar surface area (TPSA) is 154 Å². The molecule has 0 bridgehead atoms. The van der Waals surface area contributed by atoms with Gasteiger partial charge in [-0.25, -0.2) is 23.0 Å². The molecule has 1 atom stereocenters. The van der Waals surface area contributed by atoms with Gasteiger partial charge in [0.05, 0.1) is 11.9 Å². The molecule has 3 N–H and O–H groups in total. The molecule has 0 spiro atoms. The van der Waals surface area contributed by atoms with Gasteiger partial charge in [-0.1, -0.05) is 18.2 Å². The number of sulfonamides is 1. The Labute approximate surface area is 229 Å². The van der Waals surface area contributed by atoms with Crippen molar-refractivity contribution in [3.8, 4) is 5.75 Å². The van der Waals surface area contributed by atoms with Crippen molar-refractivity contribution in [1.82, 2.24) is 14.9 Å². The zero-order chi connectivity index (χ0) is 28.4. The number of aliphatic carboxylic acids is 1. The second-order valence-electron chi connectivity index (χ2n) is 9.05. The normalized spacial score (nSPS) is 13.9. The number of amides is 1. The van der Waals surface area contributed by atoms with Crippen LogP contribution in [-0.4, -0.2) is 78.4 Å². The van der Waals surface area contributed by atoms with E-state index in [0.717, 1.165) is 12.8 Å². The van der Waals surface area contributed by atoms with Gasteiger partial charge in [0.1, 0.15) is 17.5 Å². The summed E-state index contributed by atoms with van der Waals surface area (Å²) in [5.74, 6) is -0.582. The molecule has 3 rings (SSSR count). The number of carboxylic acid groups (broad SMARTS) is 1. The zero-order valence-corrected chi connectivity index (χ0v) is 23.1. The second kappa shape index (κ2) is 13.8. The fourth-order valence-corrected chi connectivity index (χ4v) is 5.10. The Morgan fingerprint density at radius 3 is 2.46 bits per heavy atom. The van der Waals surface area contributed by atoms with E-state index in [2.05, 4.69) is 26.6 Å². The molecule has 1 amide bonds. The van der Waals surface area contributed by atoms with E-state index >= 15 is 0 Å². The SMILES string of the molecule is C=CCCS(=O)(=O)Nc1cnc(N(CC)CC)nc1N[C@@H](Cc1ccc(OC(=O)N2CCCC2)cc1)C(=O)O. The fraction of sp³-hybridized carbons (Fsp3) is 0.462. The first-order valence-electron chi connectivity index (χ1n) is 12.9. The number of likely N-dealkylation sites (tertiary alicyclic amines) is 1. The fourth-order valence-electron chi connectivity index (χ4n) is 4.03. The molecular weight excluding hydrogens is 524 g/mol. The maximum Gasteiger partial charge on any atom is 0.415 e. The van der Waals surface area contributed by atoms with Gasteiger partial charge in [0.2, 0.25) is 16.0 Å². The smallest absolute Gasteiger partial charge is 0.415 e. The number of carbonyl (C=O) groups excluding carboxylic acids is 1. The molecule has 39 heavy (non-hydrogen) atoms. The molecular formula is C26H36N6O6S. The number of hydrogen-bond acceptors (Lipinski definition) is 9. The highest BCUT2D eigenvalue weighted by Gasteiger charge is 2.24. The summed E-state index contributed by atoms with van der Waals surface area (Å²) < 4.78 is 32.9. The first-order valence-corrected chi connectivity index (χ1v) is 14.6. The van der Waals surface area contributed by atoms with Crippen LogP contribution >= 0.6 is 0 Å². The van der Waals surface area contributed by atoms with Gasteiger partial charge < -0.3 is 25.0 Å². The molecule has 2 aromatic rings. The molecule has 1 fully saturated rings. The number of anilines is 3. The molecule has 13 heteroatoms. The lowest BCUT2D eigenvalue weighted by atomic mass is 10.1. The number of aromatic nitrogens is 2. The summed E-state index contributed by atoms with van der Waals surface area (Å²) in [5.41, 5.74) is 0.715. The summed E-state index contributed by atoms with van der Waals surface area (Å²) in [6.07, 6.45) is 4.65. The Hall–Kier alpha value is -3.87. The van der Waals surface area contributed by atoms with Crippen LogP contribution in [0, 0.1) is 0 Å². The Balaban J connectivity index is 1.80. The summed E-state index contributed by atoms with van der Waals surface area (Å²) in [6, 6.07) is 5.46. The van der Waals surface area contributed by atoms with E-state index < -0.39 is 28.1 Å². The molecule has 0 aliphatic carbocycles. The van der Waals surface area contributed by atoms with E-state index in [1.807, 2.05) is 18.7 Å². The van der Waals surface area contributed by atoms with E-state index in [4.69, 9.17) is 4.74 Å². The van der Waals surface area contributed by atoms with Crippen molar-refractivity contribution in [2.75, 3.05) is 46.9 Å². The minimum atomic E-state index is -3.75. The minimum Gasteiger partial charge on any atom is -0.480 e. The van der Waals surface area contributed by atoms with Gasteiger partial charge >= 0.3 is 12.1 Å². The van der Waals surface area contributed by atoms with Gasteiger partial charge in [-0.3, -0.25) is 4.72 Å². The van der Waals surface area contributed by atoms with Gasteiger partial charge in [0, 0.05) is 32.6 Å². The summed E-state index contributed by atoms with van der Waals surface area (Å²) in [7, 11) is -3.75. The highest BCUT2D eigenvalue weighted by molar-refractivity contribution is 7.92. The van der Waals surface area contributed by atoms with Crippen molar-refractivity contribution in [3.05, 3.63) is 48.7 Å². The van der Waals surface area contributed by atoms with Crippen LogP contribution < -0.4 is 19.7 Å². The Kier molecular flexibility index (Phi) is 10.5. The molecule has 212 valence electrons. The van der Waals surface area contributed by atoms with E-state index in [0.29, 0.717) is 43.4 Å². The standard InChI is InChI=1S/C26H36N6O6S/c1-4-7-16-39(36,37)30-22-18-27-25(31(5-2)6-3)29-23(22)28-21(24(33)34)17-19-10-12-20(13-11-19)38-26(35)32-14-8-9-15-32/h4,10-13,18,21,30H,1,5-9,14-17H2,2-3H3,(H,33,34)(H,27,28,29)/t21-/m0/s1. The highest BCUT2D eigenvalue weighted by Crippen LogP contribution is 2.25. The van der Waals surface area contributed by atoms with Crippen molar-refractivity contribution in [3.63, 3.8) is 0 Å². The molecule has 1 aliphatic heterocycles. The van der Waals surface area contributed by atoms with Crippen LogP contribution in [0.5, 0.6) is 5.75 Å². The van der Waals surface area contributed by atoms with Crippen molar-refractivity contribution in [2.45, 2.75) is 45.6 Å². The van der Waals surface area contributed by atoms with Gasteiger partial charge in [0.15, 0.2) is 5.82 Å². The second-order valence-corrected chi connectivity index (χ2v) is 10.9.